The number of hydrogen-bond donors (Lipinski definition) is 1. The monoisotopic (exact) mass is 364 g/mol. The SMILES string of the molecule is CCN(C(=O)c1nc(C(=O)NC(C)(C)C)c2ccccn12)c1ccccc1. The summed E-state index contributed by atoms with van der Waals surface area (Å²) in [5.41, 5.74) is 1.24. The van der Waals surface area contributed by atoms with Gasteiger partial charge in [-0.25, -0.2) is 4.98 Å². The molecule has 0 saturated heterocycles. The van der Waals surface area contributed by atoms with E-state index in [1.165, 1.54) is 0 Å². The molecule has 1 aromatic carbocycles. The number of imidazole rings is 1. The van der Waals surface area contributed by atoms with Crippen LogP contribution in [-0.4, -0.2) is 33.3 Å². The van der Waals surface area contributed by atoms with Crippen LogP contribution in [0.1, 0.15) is 48.8 Å². The van der Waals surface area contributed by atoms with E-state index in [2.05, 4.69) is 10.3 Å². The van der Waals surface area contributed by atoms with Gasteiger partial charge < -0.3 is 10.2 Å². The van der Waals surface area contributed by atoms with Crippen LogP contribution in [0.4, 0.5) is 5.69 Å². The van der Waals surface area contributed by atoms with Gasteiger partial charge in [-0.05, 0) is 52.0 Å². The minimum Gasteiger partial charge on any atom is -0.346 e. The molecule has 0 saturated carbocycles. The molecular weight excluding hydrogens is 340 g/mol. The smallest absolute Gasteiger partial charge is 0.294 e. The molecule has 2 aromatic heterocycles. The molecule has 6 nitrogen and oxygen atoms in total. The zero-order chi connectivity index (χ0) is 19.6. The summed E-state index contributed by atoms with van der Waals surface area (Å²) >= 11 is 0. The molecule has 3 rings (SSSR count). The molecule has 0 radical (unpaired) electrons. The molecule has 0 spiro atoms. The van der Waals surface area contributed by atoms with Crippen molar-refractivity contribution in [3.8, 4) is 0 Å². The molecule has 3 aromatic rings. The number of benzene rings is 1. The third-order valence-corrected chi connectivity index (χ3v) is 4.07. The van der Waals surface area contributed by atoms with Gasteiger partial charge in [0.05, 0.1) is 5.52 Å². The van der Waals surface area contributed by atoms with E-state index in [4.69, 9.17) is 0 Å². The topological polar surface area (TPSA) is 66.7 Å². The third kappa shape index (κ3) is 3.84. The Kier molecular flexibility index (Phi) is 4.99. The summed E-state index contributed by atoms with van der Waals surface area (Å²) in [4.78, 5) is 32.0. The Balaban J connectivity index is 2.07. The predicted octanol–water partition coefficient (Wildman–Crippen LogP) is 3.53. The Morgan fingerprint density at radius 3 is 2.37 bits per heavy atom. The molecule has 0 aliphatic heterocycles. The number of nitrogens with zero attached hydrogens (tertiary/aromatic N) is 3. The first kappa shape index (κ1) is 18.6. The van der Waals surface area contributed by atoms with Crippen molar-refractivity contribution in [2.75, 3.05) is 11.4 Å². The summed E-state index contributed by atoms with van der Waals surface area (Å²) in [7, 11) is 0. The summed E-state index contributed by atoms with van der Waals surface area (Å²) in [5, 5.41) is 2.92. The van der Waals surface area contributed by atoms with Crippen molar-refractivity contribution in [1.29, 1.82) is 0 Å². The largest absolute Gasteiger partial charge is 0.346 e. The van der Waals surface area contributed by atoms with Gasteiger partial charge in [0.15, 0.2) is 5.69 Å². The number of rotatable bonds is 4. The highest BCUT2D eigenvalue weighted by Crippen LogP contribution is 2.20. The van der Waals surface area contributed by atoms with Crippen molar-refractivity contribution >= 4 is 23.0 Å². The highest BCUT2D eigenvalue weighted by Gasteiger charge is 2.26. The first-order chi connectivity index (χ1) is 12.8. The second kappa shape index (κ2) is 7.23. The van der Waals surface area contributed by atoms with Gasteiger partial charge >= 0.3 is 0 Å². The molecule has 0 bridgehead atoms. The Morgan fingerprint density at radius 1 is 1.07 bits per heavy atom. The average molecular weight is 364 g/mol. The van der Waals surface area contributed by atoms with E-state index in [1.807, 2.05) is 70.2 Å². The fourth-order valence-electron chi connectivity index (χ4n) is 2.93. The molecule has 0 fully saturated rings. The van der Waals surface area contributed by atoms with Crippen molar-refractivity contribution in [3.63, 3.8) is 0 Å². The maximum absolute atomic E-state index is 13.2. The number of carbonyl (C=O) groups is 2. The number of carbonyl (C=O) groups excluding carboxylic acids is 2. The van der Waals surface area contributed by atoms with E-state index in [0.29, 0.717) is 12.1 Å². The normalized spacial score (nSPS) is 11.4. The van der Waals surface area contributed by atoms with Gasteiger partial charge in [0, 0.05) is 24.0 Å². The number of hydrogen-bond acceptors (Lipinski definition) is 3. The van der Waals surface area contributed by atoms with Crippen LogP contribution < -0.4 is 10.2 Å². The van der Waals surface area contributed by atoms with Crippen LogP contribution in [0.25, 0.3) is 5.52 Å². The third-order valence-electron chi connectivity index (χ3n) is 4.07. The van der Waals surface area contributed by atoms with E-state index in [-0.39, 0.29) is 23.3 Å². The molecule has 0 atom stereocenters. The maximum Gasteiger partial charge on any atom is 0.294 e. The standard InChI is InChI=1S/C21H24N4O2/c1-5-24(15-11-7-6-8-12-15)20(27)18-22-17(19(26)23-21(2,3)4)16-13-9-10-14-25(16)18/h6-14H,5H2,1-4H3,(H,23,26). The first-order valence-electron chi connectivity index (χ1n) is 8.98. The Bertz CT molecular complexity index is 971. The molecule has 6 heteroatoms. The number of fused-ring (bicyclic) bond motifs is 1. The minimum absolute atomic E-state index is 0.218. The summed E-state index contributed by atoms with van der Waals surface area (Å²) in [6, 6.07) is 14.9. The van der Waals surface area contributed by atoms with Crippen LogP contribution in [0.5, 0.6) is 0 Å². The summed E-state index contributed by atoms with van der Waals surface area (Å²) in [6.45, 7) is 8.12. The number of nitrogens with one attached hydrogen (secondary N) is 1. The van der Waals surface area contributed by atoms with Crippen molar-refractivity contribution < 1.29 is 9.59 Å². The molecule has 1 N–H and O–H groups in total. The Hall–Kier alpha value is -3.15. The second-order valence-corrected chi connectivity index (χ2v) is 7.33. The lowest BCUT2D eigenvalue weighted by atomic mass is 10.1. The highest BCUT2D eigenvalue weighted by atomic mass is 16.2. The average Bonchev–Trinajstić information content (AvgIpc) is 3.01. The lowest BCUT2D eigenvalue weighted by Crippen LogP contribution is -2.40. The molecule has 2 heterocycles. The van der Waals surface area contributed by atoms with Gasteiger partial charge in [-0.1, -0.05) is 24.3 Å². The molecule has 2 amide bonds. The van der Waals surface area contributed by atoms with Gasteiger partial charge in [-0.2, -0.15) is 0 Å². The first-order valence-corrected chi connectivity index (χ1v) is 8.98. The van der Waals surface area contributed by atoms with Crippen molar-refractivity contribution in [2.24, 2.45) is 0 Å². The Morgan fingerprint density at radius 2 is 1.74 bits per heavy atom. The molecule has 27 heavy (non-hydrogen) atoms. The van der Waals surface area contributed by atoms with Crippen LogP contribution >= 0.6 is 0 Å². The van der Waals surface area contributed by atoms with E-state index in [0.717, 1.165) is 5.69 Å². The van der Waals surface area contributed by atoms with Gasteiger partial charge in [-0.3, -0.25) is 14.0 Å². The van der Waals surface area contributed by atoms with Crippen molar-refractivity contribution in [3.05, 3.63) is 66.2 Å². The number of amides is 2. The van der Waals surface area contributed by atoms with E-state index in [1.54, 1.807) is 21.6 Å². The van der Waals surface area contributed by atoms with Crippen LogP contribution in [-0.2, 0) is 0 Å². The number of para-hydroxylation sites is 1. The molecule has 0 aliphatic rings. The van der Waals surface area contributed by atoms with Crippen LogP contribution in [0, 0.1) is 0 Å². The van der Waals surface area contributed by atoms with Crippen molar-refractivity contribution in [1.82, 2.24) is 14.7 Å². The van der Waals surface area contributed by atoms with Crippen molar-refractivity contribution in [2.45, 2.75) is 33.2 Å². The predicted molar refractivity (Wildman–Crippen MR) is 106 cm³/mol. The summed E-state index contributed by atoms with van der Waals surface area (Å²) in [5.74, 6) is -0.330. The van der Waals surface area contributed by atoms with Crippen LogP contribution in [0.15, 0.2) is 54.7 Å². The highest BCUT2D eigenvalue weighted by molar-refractivity contribution is 6.07. The maximum atomic E-state index is 13.2. The fraction of sp³-hybridized carbons (Fsp3) is 0.286. The summed E-state index contributed by atoms with van der Waals surface area (Å²) in [6.07, 6.45) is 1.75. The molecule has 140 valence electrons. The summed E-state index contributed by atoms with van der Waals surface area (Å²) < 4.78 is 1.67. The Labute approximate surface area is 158 Å². The van der Waals surface area contributed by atoms with E-state index in [9.17, 15) is 9.59 Å². The van der Waals surface area contributed by atoms with Crippen LogP contribution in [0.2, 0.25) is 0 Å². The van der Waals surface area contributed by atoms with Gasteiger partial charge in [0.25, 0.3) is 11.8 Å². The van der Waals surface area contributed by atoms with E-state index < -0.39 is 5.54 Å². The lowest BCUT2D eigenvalue weighted by Gasteiger charge is -2.20. The number of aromatic nitrogens is 2. The molecular formula is C21H24N4O2. The zero-order valence-corrected chi connectivity index (χ0v) is 16.1. The van der Waals surface area contributed by atoms with Gasteiger partial charge in [0.1, 0.15) is 0 Å². The van der Waals surface area contributed by atoms with Crippen LogP contribution in [0.3, 0.4) is 0 Å². The van der Waals surface area contributed by atoms with Gasteiger partial charge in [-0.15, -0.1) is 0 Å². The van der Waals surface area contributed by atoms with E-state index >= 15 is 0 Å². The fourth-order valence-corrected chi connectivity index (χ4v) is 2.93. The molecule has 0 aliphatic carbocycles. The number of anilines is 1. The quantitative estimate of drug-likeness (QED) is 0.770. The van der Waals surface area contributed by atoms with Gasteiger partial charge in [0.2, 0.25) is 5.82 Å². The zero-order valence-electron chi connectivity index (χ0n) is 16.1. The lowest BCUT2D eigenvalue weighted by molar-refractivity contribution is 0.0916. The minimum atomic E-state index is -0.397. The number of pyridine rings is 1. The molecule has 0 unspecified atom stereocenters. The second-order valence-electron chi connectivity index (χ2n) is 7.33.